The third-order valence-electron chi connectivity index (χ3n) is 4.58. The number of carbonyl (C=O) groups is 2. The Hall–Kier alpha value is -2.45. The molecule has 1 saturated carbocycles. The highest BCUT2D eigenvalue weighted by molar-refractivity contribution is 5.92. The van der Waals surface area contributed by atoms with Gasteiger partial charge < -0.3 is 4.90 Å². The second-order valence-corrected chi connectivity index (χ2v) is 6.37. The van der Waals surface area contributed by atoms with Gasteiger partial charge in [0.15, 0.2) is 0 Å². The molecule has 1 aliphatic carbocycles. The van der Waals surface area contributed by atoms with Crippen LogP contribution in [0.5, 0.6) is 0 Å². The van der Waals surface area contributed by atoms with Gasteiger partial charge in [-0.15, -0.1) is 0 Å². The van der Waals surface area contributed by atoms with Crippen molar-refractivity contribution in [1.82, 2.24) is 9.80 Å². The number of benzene rings is 1. The number of rotatable bonds is 5. The first kappa shape index (κ1) is 16.4. The summed E-state index contributed by atoms with van der Waals surface area (Å²) in [7, 11) is 0. The number of amides is 1. The molecule has 1 amide bonds. The zero-order chi connectivity index (χ0) is 16.9. The minimum absolute atomic E-state index is 0.0455. The van der Waals surface area contributed by atoms with E-state index >= 15 is 0 Å². The highest BCUT2D eigenvalue weighted by Gasteiger charge is 2.31. The van der Waals surface area contributed by atoms with Crippen molar-refractivity contribution in [1.29, 1.82) is 5.26 Å². The molecule has 1 aliphatic heterocycles. The standard InChI is InChI=1S/C19H21N3O2/c20-13-17-4-2-1-3-15(17)7-8-19(24)22-11-9-21(10-12-22)14-18(23)16-5-6-16/h1-4,7-8,16H,5-6,9-12,14H2. The number of nitriles is 1. The summed E-state index contributed by atoms with van der Waals surface area (Å²) in [5.41, 5.74) is 1.31. The van der Waals surface area contributed by atoms with Gasteiger partial charge >= 0.3 is 0 Å². The van der Waals surface area contributed by atoms with E-state index < -0.39 is 0 Å². The molecule has 0 atom stereocenters. The number of hydrogen-bond donors (Lipinski definition) is 0. The van der Waals surface area contributed by atoms with Crippen LogP contribution in [0, 0.1) is 17.2 Å². The minimum Gasteiger partial charge on any atom is -0.337 e. The minimum atomic E-state index is -0.0455. The maximum atomic E-state index is 12.3. The van der Waals surface area contributed by atoms with Crippen molar-refractivity contribution in [2.24, 2.45) is 5.92 Å². The fourth-order valence-corrected chi connectivity index (χ4v) is 2.89. The first-order valence-corrected chi connectivity index (χ1v) is 8.38. The van der Waals surface area contributed by atoms with E-state index in [1.54, 1.807) is 23.1 Å². The van der Waals surface area contributed by atoms with Gasteiger partial charge in [-0.3, -0.25) is 14.5 Å². The van der Waals surface area contributed by atoms with E-state index in [9.17, 15) is 9.59 Å². The zero-order valence-corrected chi connectivity index (χ0v) is 13.6. The molecule has 0 bridgehead atoms. The molecule has 2 aliphatic rings. The molecule has 0 aromatic heterocycles. The van der Waals surface area contributed by atoms with Crippen molar-refractivity contribution in [3.63, 3.8) is 0 Å². The van der Waals surface area contributed by atoms with Crippen molar-refractivity contribution in [2.45, 2.75) is 12.8 Å². The Kier molecular flexibility index (Phi) is 5.07. The first-order valence-electron chi connectivity index (χ1n) is 8.38. The number of ketones is 1. The fourth-order valence-electron chi connectivity index (χ4n) is 2.89. The number of hydrogen-bond acceptors (Lipinski definition) is 4. The lowest BCUT2D eigenvalue weighted by Crippen LogP contribution is -2.49. The number of piperazine rings is 1. The lowest BCUT2D eigenvalue weighted by molar-refractivity contribution is -0.128. The van der Waals surface area contributed by atoms with Crippen LogP contribution < -0.4 is 0 Å². The molecular formula is C19H21N3O2. The fraction of sp³-hybridized carbons (Fsp3) is 0.421. The predicted octanol–water partition coefficient (Wildman–Crippen LogP) is 1.69. The Labute approximate surface area is 142 Å². The molecule has 1 heterocycles. The zero-order valence-electron chi connectivity index (χ0n) is 13.6. The lowest BCUT2D eigenvalue weighted by Gasteiger charge is -2.33. The van der Waals surface area contributed by atoms with Crippen LogP contribution in [0.1, 0.15) is 24.0 Å². The van der Waals surface area contributed by atoms with Gasteiger partial charge in [0.25, 0.3) is 0 Å². The van der Waals surface area contributed by atoms with Crippen LogP contribution in [0.15, 0.2) is 30.3 Å². The Balaban J connectivity index is 1.50. The van der Waals surface area contributed by atoms with E-state index in [1.165, 1.54) is 6.08 Å². The van der Waals surface area contributed by atoms with Gasteiger partial charge in [0.1, 0.15) is 5.78 Å². The van der Waals surface area contributed by atoms with Gasteiger partial charge in [0.2, 0.25) is 5.91 Å². The molecular weight excluding hydrogens is 302 g/mol. The van der Waals surface area contributed by atoms with Crippen LogP contribution in [0.3, 0.4) is 0 Å². The molecule has 1 aromatic rings. The molecule has 0 radical (unpaired) electrons. The molecule has 1 saturated heterocycles. The Morgan fingerprint density at radius 2 is 1.88 bits per heavy atom. The molecule has 24 heavy (non-hydrogen) atoms. The summed E-state index contributed by atoms with van der Waals surface area (Å²) in [4.78, 5) is 28.1. The largest absolute Gasteiger partial charge is 0.337 e. The van der Waals surface area contributed by atoms with Crippen molar-refractivity contribution in [2.75, 3.05) is 32.7 Å². The summed E-state index contributed by atoms with van der Waals surface area (Å²) in [6.07, 6.45) is 5.32. The first-order chi connectivity index (χ1) is 11.7. The van der Waals surface area contributed by atoms with Gasteiger partial charge in [-0.1, -0.05) is 18.2 Å². The Morgan fingerprint density at radius 1 is 1.17 bits per heavy atom. The summed E-state index contributed by atoms with van der Waals surface area (Å²) >= 11 is 0. The van der Waals surface area contributed by atoms with Crippen LogP contribution in [0.4, 0.5) is 0 Å². The second kappa shape index (κ2) is 7.41. The number of Topliss-reactive ketones (excluding diaryl/α,β-unsaturated/α-hetero) is 1. The van der Waals surface area contributed by atoms with Crippen molar-refractivity contribution < 1.29 is 9.59 Å². The maximum Gasteiger partial charge on any atom is 0.246 e. The molecule has 3 rings (SSSR count). The molecule has 0 spiro atoms. The van der Waals surface area contributed by atoms with E-state index in [2.05, 4.69) is 11.0 Å². The van der Waals surface area contributed by atoms with Crippen LogP contribution >= 0.6 is 0 Å². The molecule has 124 valence electrons. The van der Waals surface area contributed by atoms with E-state index in [4.69, 9.17) is 5.26 Å². The second-order valence-electron chi connectivity index (χ2n) is 6.37. The summed E-state index contributed by atoms with van der Waals surface area (Å²) in [5.74, 6) is 0.603. The topological polar surface area (TPSA) is 64.4 Å². The summed E-state index contributed by atoms with van der Waals surface area (Å²) in [6, 6.07) is 9.33. The highest BCUT2D eigenvalue weighted by atomic mass is 16.2. The number of carbonyl (C=O) groups excluding carboxylic acids is 2. The average Bonchev–Trinajstić information content (AvgIpc) is 3.45. The molecule has 0 N–H and O–H groups in total. The molecule has 0 unspecified atom stereocenters. The van der Waals surface area contributed by atoms with Gasteiger partial charge in [0.05, 0.1) is 18.2 Å². The normalized spacial score (nSPS) is 18.5. The smallest absolute Gasteiger partial charge is 0.246 e. The van der Waals surface area contributed by atoms with Crippen LogP contribution in [0.2, 0.25) is 0 Å². The third kappa shape index (κ3) is 4.09. The highest BCUT2D eigenvalue weighted by Crippen LogP contribution is 2.30. The van der Waals surface area contributed by atoms with Gasteiger partial charge in [-0.2, -0.15) is 5.26 Å². The Bertz CT molecular complexity index is 693. The average molecular weight is 323 g/mol. The molecule has 1 aromatic carbocycles. The van der Waals surface area contributed by atoms with E-state index in [-0.39, 0.29) is 5.91 Å². The van der Waals surface area contributed by atoms with Crippen molar-refractivity contribution in [3.8, 4) is 6.07 Å². The SMILES string of the molecule is N#Cc1ccccc1C=CC(=O)N1CCN(CC(=O)C2CC2)CC1. The third-order valence-corrected chi connectivity index (χ3v) is 4.58. The monoisotopic (exact) mass is 323 g/mol. The van der Waals surface area contributed by atoms with Crippen molar-refractivity contribution >= 4 is 17.8 Å². The summed E-state index contributed by atoms with van der Waals surface area (Å²) in [5, 5.41) is 9.06. The predicted molar refractivity (Wildman–Crippen MR) is 90.9 cm³/mol. The van der Waals surface area contributed by atoms with E-state index in [1.807, 2.05) is 12.1 Å². The van der Waals surface area contributed by atoms with Crippen molar-refractivity contribution in [3.05, 3.63) is 41.5 Å². The van der Waals surface area contributed by atoms with Gasteiger partial charge in [-0.25, -0.2) is 0 Å². The Morgan fingerprint density at radius 3 is 2.54 bits per heavy atom. The summed E-state index contributed by atoms with van der Waals surface area (Å²) in [6.45, 7) is 3.29. The molecule has 2 fully saturated rings. The maximum absolute atomic E-state index is 12.3. The van der Waals surface area contributed by atoms with Gasteiger partial charge in [-0.05, 0) is 30.5 Å². The number of nitrogens with zero attached hydrogens (tertiary/aromatic N) is 3. The van der Waals surface area contributed by atoms with E-state index in [0.717, 1.165) is 31.5 Å². The van der Waals surface area contributed by atoms with Crippen LogP contribution in [0.25, 0.3) is 6.08 Å². The van der Waals surface area contributed by atoms with Crippen LogP contribution in [-0.4, -0.2) is 54.2 Å². The lowest BCUT2D eigenvalue weighted by atomic mass is 10.1. The van der Waals surface area contributed by atoms with Gasteiger partial charge in [0, 0.05) is 38.2 Å². The summed E-state index contributed by atoms with van der Waals surface area (Å²) < 4.78 is 0. The van der Waals surface area contributed by atoms with E-state index in [0.29, 0.717) is 36.9 Å². The van der Waals surface area contributed by atoms with Crippen LogP contribution in [-0.2, 0) is 9.59 Å². The quantitative estimate of drug-likeness (QED) is 0.774. The molecule has 5 nitrogen and oxygen atoms in total. The molecule has 5 heteroatoms.